The van der Waals surface area contributed by atoms with Crippen LogP contribution in [-0.4, -0.2) is 57.7 Å². The van der Waals surface area contributed by atoms with E-state index < -0.39 is 36.9 Å². The summed E-state index contributed by atoms with van der Waals surface area (Å²) in [5.41, 5.74) is 1.06. The third-order valence-electron chi connectivity index (χ3n) is 4.54. The SMILES string of the molecule is CCCCOC(=O)c1ccc(NC(=O)COC(=O)CNC(=O)c2ccc(OC)c(OC)c2)cc1. The van der Waals surface area contributed by atoms with Gasteiger partial charge in [-0.05, 0) is 48.9 Å². The minimum absolute atomic E-state index is 0.265. The molecule has 0 spiro atoms. The van der Waals surface area contributed by atoms with Crippen LogP contribution in [0.4, 0.5) is 5.69 Å². The zero-order chi connectivity index (χ0) is 24.9. The molecule has 0 fully saturated rings. The van der Waals surface area contributed by atoms with E-state index in [2.05, 4.69) is 10.6 Å². The number of carbonyl (C=O) groups is 4. The van der Waals surface area contributed by atoms with E-state index in [0.717, 1.165) is 12.8 Å². The van der Waals surface area contributed by atoms with Crippen LogP contribution in [0.1, 0.15) is 40.5 Å². The summed E-state index contributed by atoms with van der Waals surface area (Å²) >= 11 is 0. The van der Waals surface area contributed by atoms with Crippen molar-refractivity contribution in [2.24, 2.45) is 0 Å². The highest BCUT2D eigenvalue weighted by Crippen LogP contribution is 2.27. The molecule has 10 nitrogen and oxygen atoms in total. The average Bonchev–Trinajstić information content (AvgIpc) is 2.86. The van der Waals surface area contributed by atoms with Gasteiger partial charge in [0.2, 0.25) is 0 Å². The van der Waals surface area contributed by atoms with Gasteiger partial charge in [0.25, 0.3) is 11.8 Å². The van der Waals surface area contributed by atoms with Gasteiger partial charge in [0, 0.05) is 11.3 Å². The van der Waals surface area contributed by atoms with Crippen molar-refractivity contribution in [1.29, 1.82) is 0 Å². The van der Waals surface area contributed by atoms with Gasteiger partial charge < -0.3 is 29.6 Å². The molecule has 34 heavy (non-hydrogen) atoms. The molecule has 0 bridgehead atoms. The minimum Gasteiger partial charge on any atom is -0.493 e. The van der Waals surface area contributed by atoms with E-state index in [1.807, 2.05) is 6.92 Å². The lowest BCUT2D eigenvalue weighted by Gasteiger charge is -2.10. The first-order chi connectivity index (χ1) is 16.4. The van der Waals surface area contributed by atoms with Crippen LogP contribution < -0.4 is 20.1 Å². The molecule has 2 amide bonds. The lowest BCUT2D eigenvalue weighted by Crippen LogP contribution is -2.32. The number of esters is 2. The topological polar surface area (TPSA) is 129 Å². The highest BCUT2D eigenvalue weighted by atomic mass is 16.5. The Kier molecular flexibility index (Phi) is 10.4. The summed E-state index contributed by atoms with van der Waals surface area (Å²) in [5.74, 6) is -1.47. The van der Waals surface area contributed by atoms with Crippen molar-refractivity contribution in [1.82, 2.24) is 5.32 Å². The lowest BCUT2D eigenvalue weighted by molar-refractivity contribution is -0.146. The van der Waals surface area contributed by atoms with E-state index in [9.17, 15) is 19.2 Å². The maximum absolute atomic E-state index is 12.2. The zero-order valence-electron chi connectivity index (χ0n) is 19.3. The van der Waals surface area contributed by atoms with Crippen LogP contribution in [0.5, 0.6) is 11.5 Å². The van der Waals surface area contributed by atoms with Gasteiger partial charge in [-0.2, -0.15) is 0 Å². The molecule has 0 aliphatic heterocycles. The van der Waals surface area contributed by atoms with E-state index in [0.29, 0.717) is 29.4 Å². The Morgan fingerprint density at radius 3 is 2.18 bits per heavy atom. The van der Waals surface area contributed by atoms with E-state index in [4.69, 9.17) is 18.9 Å². The van der Waals surface area contributed by atoms with Crippen LogP contribution in [0.2, 0.25) is 0 Å². The Hall–Kier alpha value is -4.08. The van der Waals surface area contributed by atoms with E-state index in [1.165, 1.54) is 38.5 Å². The molecule has 2 N–H and O–H groups in total. The number of unbranched alkanes of at least 4 members (excludes halogenated alkanes) is 1. The number of amides is 2. The summed E-state index contributed by atoms with van der Waals surface area (Å²) in [6.07, 6.45) is 1.71. The quantitative estimate of drug-likeness (QED) is 0.356. The highest BCUT2D eigenvalue weighted by Gasteiger charge is 2.14. The Balaban J connectivity index is 1.75. The summed E-state index contributed by atoms with van der Waals surface area (Å²) in [4.78, 5) is 48.0. The molecule has 2 aromatic carbocycles. The molecule has 0 saturated heterocycles. The predicted molar refractivity (Wildman–Crippen MR) is 123 cm³/mol. The van der Waals surface area contributed by atoms with Crippen molar-refractivity contribution in [2.75, 3.05) is 39.3 Å². The number of methoxy groups -OCH3 is 2. The molecule has 182 valence electrons. The smallest absolute Gasteiger partial charge is 0.338 e. The average molecular weight is 472 g/mol. The Labute approximate surface area is 197 Å². The van der Waals surface area contributed by atoms with Gasteiger partial charge in [0.1, 0.15) is 6.54 Å². The molecule has 0 heterocycles. The second kappa shape index (κ2) is 13.5. The lowest BCUT2D eigenvalue weighted by atomic mass is 10.2. The van der Waals surface area contributed by atoms with Crippen LogP contribution in [-0.2, 0) is 19.1 Å². The van der Waals surface area contributed by atoms with Crippen LogP contribution in [0.3, 0.4) is 0 Å². The molecule has 0 saturated carbocycles. The monoisotopic (exact) mass is 472 g/mol. The van der Waals surface area contributed by atoms with Gasteiger partial charge in [-0.25, -0.2) is 4.79 Å². The molecule has 2 aromatic rings. The van der Waals surface area contributed by atoms with Crippen LogP contribution >= 0.6 is 0 Å². The van der Waals surface area contributed by atoms with Crippen molar-refractivity contribution in [3.05, 3.63) is 53.6 Å². The second-order valence-electron chi connectivity index (χ2n) is 7.03. The Bertz CT molecular complexity index is 1000. The molecule has 0 radical (unpaired) electrons. The Morgan fingerprint density at radius 1 is 0.853 bits per heavy atom. The van der Waals surface area contributed by atoms with Gasteiger partial charge in [0.15, 0.2) is 18.1 Å². The summed E-state index contributed by atoms with van der Waals surface area (Å²) in [7, 11) is 2.92. The van der Waals surface area contributed by atoms with Crippen molar-refractivity contribution < 1.29 is 38.1 Å². The zero-order valence-corrected chi connectivity index (χ0v) is 19.3. The molecular weight excluding hydrogens is 444 g/mol. The summed E-state index contributed by atoms with van der Waals surface area (Å²) in [6.45, 7) is 1.40. The van der Waals surface area contributed by atoms with Crippen molar-refractivity contribution >= 4 is 29.4 Å². The summed E-state index contributed by atoms with van der Waals surface area (Å²) in [5, 5.41) is 4.96. The molecular formula is C24H28N2O8. The maximum atomic E-state index is 12.2. The minimum atomic E-state index is -0.783. The fraction of sp³-hybridized carbons (Fsp3) is 0.333. The van der Waals surface area contributed by atoms with E-state index in [1.54, 1.807) is 18.2 Å². The van der Waals surface area contributed by atoms with Gasteiger partial charge in [0.05, 0.1) is 26.4 Å². The fourth-order valence-corrected chi connectivity index (χ4v) is 2.71. The number of hydrogen-bond donors (Lipinski definition) is 2. The normalized spacial score (nSPS) is 10.1. The van der Waals surface area contributed by atoms with Gasteiger partial charge >= 0.3 is 11.9 Å². The van der Waals surface area contributed by atoms with Crippen LogP contribution in [0, 0.1) is 0 Å². The standard InChI is InChI=1S/C24H28N2O8/c1-4-5-12-33-24(30)16-6-9-18(10-7-16)26-21(27)15-34-22(28)14-25-23(29)17-8-11-19(31-2)20(13-17)32-3/h6-11,13H,4-5,12,14-15H2,1-3H3,(H,25,29)(H,26,27). The number of nitrogens with one attached hydrogen (secondary N) is 2. The molecule has 10 heteroatoms. The molecule has 0 unspecified atom stereocenters. The maximum Gasteiger partial charge on any atom is 0.338 e. The van der Waals surface area contributed by atoms with Crippen LogP contribution in [0.15, 0.2) is 42.5 Å². The third kappa shape index (κ3) is 8.12. The molecule has 0 aliphatic carbocycles. The van der Waals surface area contributed by atoms with Gasteiger partial charge in [-0.1, -0.05) is 13.3 Å². The summed E-state index contributed by atoms with van der Waals surface area (Å²) in [6, 6.07) is 10.7. The first-order valence-corrected chi connectivity index (χ1v) is 10.6. The molecule has 2 rings (SSSR count). The molecule has 0 aromatic heterocycles. The number of rotatable bonds is 12. The third-order valence-corrected chi connectivity index (χ3v) is 4.54. The largest absolute Gasteiger partial charge is 0.493 e. The van der Waals surface area contributed by atoms with Crippen molar-refractivity contribution in [3.63, 3.8) is 0 Å². The highest BCUT2D eigenvalue weighted by molar-refractivity contribution is 5.97. The van der Waals surface area contributed by atoms with Crippen molar-refractivity contribution in [2.45, 2.75) is 19.8 Å². The predicted octanol–water partition coefficient (Wildman–Crippen LogP) is 2.57. The number of benzene rings is 2. The van der Waals surface area contributed by atoms with Crippen LogP contribution in [0.25, 0.3) is 0 Å². The Morgan fingerprint density at radius 2 is 1.53 bits per heavy atom. The number of anilines is 1. The molecule has 0 aliphatic rings. The van der Waals surface area contributed by atoms with Crippen molar-refractivity contribution in [3.8, 4) is 11.5 Å². The van der Waals surface area contributed by atoms with Gasteiger partial charge in [-0.3, -0.25) is 14.4 Å². The number of ether oxygens (including phenoxy) is 4. The van der Waals surface area contributed by atoms with E-state index in [-0.39, 0.29) is 5.56 Å². The first-order valence-electron chi connectivity index (χ1n) is 10.6. The number of carbonyl (C=O) groups excluding carboxylic acids is 4. The second-order valence-corrected chi connectivity index (χ2v) is 7.03. The molecule has 0 atom stereocenters. The van der Waals surface area contributed by atoms with E-state index >= 15 is 0 Å². The fourth-order valence-electron chi connectivity index (χ4n) is 2.71. The number of hydrogen-bond acceptors (Lipinski definition) is 8. The summed E-state index contributed by atoms with van der Waals surface area (Å²) < 4.78 is 20.2. The van der Waals surface area contributed by atoms with Gasteiger partial charge in [-0.15, -0.1) is 0 Å². The first kappa shape index (κ1) is 26.2.